The van der Waals surface area contributed by atoms with Gasteiger partial charge in [-0.25, -0.2) is 0 Å². The van der Waals surface area contributed by atoms with Crippen LogP contribution in [0.1, 0.15) is 48.3 Å². The molecular formula is C19H28N4O3. The summed E-state index contributed by atoms with van der Waals surface area (Å²) in [6.07, 6.45) is 4.69. The van der Waals surface area contributed by atoms with Crippen LogP contribution >= 0.6 is 0 Å². The zero-order valence-electron chi connectivity index (χ0n) is 15.7. The van der Waals surface area contributed by atoms with E-state index in [2.05, 4.69) is 10.00 Å². The number of nitrogens with zero attached hydrogens (tertiary/aromatic N) is 4. The third kappa shape index (κ3) is 3.37. The van der Waals surface area contributed by atoms with E-state index in [0.717, 1.165) is 51.0 Å². The first-order valence-corrected chi connectivity index (χ1v) is 9.74. The molecule has 0 N–H and O–H groups in total. The van der Waals surface area contributed by atoms with E-state index in [4.69, 9.17) is 4.74 Å². The van der Waals surface area contributed by atoms with Crippen LogP contribution in [-0.2, 0) is 16.6 Å². The lowest BCUT2D eigenvalue weighted by atomic mass is 10.0. The molecule has 1 atom stereocenters. The lowest BCUT2D eigenvalue weighted by Crippen LogP contribution is -2.51. The number of amides is 2. The van der Waals surface area contributed by atoms with Crippen molar-refractivity contribution in [1.29, 1.82) is 0 Å². The first kappa shape index (κ1) is 17.5. The largest absolute Gasteiger partial charge is 0.381 e. The molecule has 3 heterocycles. The molecule has 26 heavy (non-hydrogen) atoms. The van der Waals surface area contributed by atoms with Gasteiger partial charge in [-0.15, -0.1) is 0 Å². The first-order valence-electron chi connectivity index (χ1n) is 9.74. The van der Waals surface area contributed by atoms with Crippen LogP contribution in [0.15, 0.2) is 6.07 Å². The number of carbonyl (C=O) groups is 2. The highest BCUT2D eigenvalue weighted by molar-refractivity contribution is 5.92. The minimum Gasteiger partial charge on any atom is -0.381 e. The molecule has 1 saturated carbocycles. The molecule has 142 valence electrons. The highest BCUT2D eigenvalue weighted by Gasteiger charge is 2.42. The maximum atomic E-state index is 13.0. The van der Waals surface area contributed by atoms with Crippen molar-refractivity contribution in [3.05, 3.63) is 17.5 Å². The van der Waals surface area contributed by atoms with Gasteiger partial charge in [0, 0.05) is 51.0 Å². The molecule has 4 rings (SSSR count). The predicted molar refractivity (Wildman–Crippen MR) is 95.7 cm³/mol. The molecule has 0 bridgehead atoms. The highest BCUT2D eigenvalue weighted by Crippen LogP contribution is 2.35. The molecule has 7 nitrogen and oxygen atoms in total. The molecule has 1 unspecified atom stereocenters. The third-order valence-electron chi connectivity index (χ3n) is 5.94. The second-order valence-corrected chi connectivity index (χ2v) is 7.85. The molecule has 2 amide bonds. The molecule has 1 aromatic heterocycles. The van der Waals surface area contributed by atoms with Crippen LogP contribution < -0.4 is 0 Å². The van der Waals surface area contributed by atoms with E-state index in [-0.39, 0.29) is 23.9 Å². The van der Waals surface area contributed by atoms with E-state index in [1.165, 1.54) is 0 Å². The maximum absolute atomic E-state index is 13.0. The molecule has 7 heteroatoms. The number of ether oxygens (including phenoxy) is 1. The zero-order chi connectivity index (χ0) is 18.3. The number of rotatable bonds is 4. The van der Waals surface area contributed by atoms with E-state index in [9.17, 15) is 9.59 Å². The Morgan fingerprint density at radius 2 is 1.88 bits per heavy atom. The van der Waals surface area contributed by atoms with Gasteiger partial charge < -0.3 is 14.5 Å². The lowest BCUT2D eigenvalue weighted by Gasteiger charge is -2.38. The monoisotopic (exact) mass is 360 g/mol. The third-order valence-corrected chi connectivity index (χ3v) is 5.94. The van der Waals surface area contributed by atoms with E-state index >= 15 is 0 Å². The van der Waals surface area contributed by atoms with Gasteiger partial charge in [0.05, 0.1) is 6.04 Å². The first-order chi connectivity index (χ1) is 12.5. The number of aromatic nitrogens is 2. The number of aryl methyl sites for hydroxylation is 2. The summed E-state index contributed by atoms with van der Waals surface area (Å²) in [5, 5.41) is 4.32. The molecule has 0 radical (unpaired) electrons. The molecule has 1 aromatic rings. The van der Waals surface area contributed by atoms with Crippen LogP contribution in [0.4, 0.5) is 0 Å². The average Bonchev–Trinajstić information content (AvgIpc) is 3.30. The normalized spacial score (nSPS) is 24.1. The van der Waals surface area contributed by atoms with Gasteiger partial charge in [-0.05, 0) is 45.1 Å². The number of likely N-dealkylation sites (tertiary alicyclic amines) is 1. The molecule has 2 saturated heterocycles. The topological polar surface area (TPSA) is 67.7 Å². The second-order valence-electron chi connectivity index (χ2n) is 7.85. The van der Waals surface area contributed by atoms with Crippen molar-refractivity contribution in [3.63, 3.8) is 0 Å². The molecule has 1 aliphatic carbocycles. The van der Waals surface area contributed by atoms with Gasteiger partial charge in [0.15, 0.2) is 5.69 Å². The Labute approximate surface area is 154 Å². The molecule has 3 fully saturated rings. The van der Waals surface area contributed by atoms with E-state index in [0.29, 0.717) is 24.7 Å². The summed E-state index contributed by atoms with van der Waals surface area (Å²) >= 11 is 0. The Morgan fingerprint density at radius 3 is 2.50 bits per heavy atom. The molecule has 0 aromatic carbocycles. The fourth-order valence-electron chi connectivity index (χ4n) is 4.14. The molecule has 3 aliphatic rings. The fourth-order valence-corrected chi connectivity index (χ4v) is 4.14. The Kier molecular flexibility index (Phi) is 4.73. The van der Waals surface area contributed by atoms with E-state index < -0.39 is 0 Å². The van der Waals surface area contributed by atoms with Crippen molar-refractivity contribution in [2.45, 2.75) is 51.1 Å². The average molecular weight is 360 g/mol. The van der Waals surface area contributed by atoms with Crippen LogP contribution in [0, 0.1) is 12.8 Å². The number of carbonyl (C=O) groups excluding carboxylic acids is 2. The van der Waals surface area contributed by atoms with Crippen molar-refractivity contribution >= 4 is 11.8 Å². The SMILES string of the molecule is Cc1cc(C(=O)N2CCC(N(C(=O)C3CC3)C3CCOCC3)C2)nn1C. The summed E-state index contributed by atoms with van der Waals surface area (Å²) in [6.45, 7) is 4.70. The van der Waals surface area contributed by atoms with Crippen LogP contribution in [0.3, 0.4) is 0 Å². The minimum atomic E-state index is -0.0259. The van der Waals surface area contributed by atoms with Crippen LogP contribution in [0.2, 0.25) is 0 Å². The quantitative estimate of drug-likeness (QED) is 0.813. The second kappa shape index (κ2) is 7.02. The standard InChI is InChI=1S/C19H28N4O3/c1-13-11-17(20-21(13)2)19(25)22-8-5-16(12-22)23(18(24)14-3-4-14)15-6-9-26-10-7-15/h11,14-16H,3-10,12H2,1-2H3. The maximum Gasteiger partial charge on any atom is 0.274 e. The van der Waals surface area contributed by atoms with E-state index in [1.807, 2.05) is 24.9 Å². The van der Waals surface area contributed by atoms with Gasteiger partial charge in [0.1, 0.15) is 0 Å². The molecule has 2 aliphatic heterocycles. The van der Waals surface area contributed by atoms with Crippen molar-refractivity contribution in [3.8, 4) is 0 Å². The number of hydrogen-bond donors (Lipinski definition) is 0. The van der Waals surface area contributed by atoms with Crippen LogP contribution in [0.25, 0.3) is 0 Å². The van der Waals surface area contributed by atoms with Gasteiger partial charge in [0.25, 0.3) is 5.91 Å². The zero-order valence-corrected chi connectivity index (χ0v) is 15.7. The van der Waals surface area contributed by atoms with Crippen molar-refractivity contribution < 1.29 is 14.3 Å². The Morgan fingerprint density at radius 1 is 1.15 bits per heavy atom. The van der Waals surface area contributed by atoms with Crippen molar-refractivity contribution in [2.75, 3.05) is 26.3 Å². The van der Waals surface area contributed by atoms with E-state index in [1.54, 1.807) is 4.68 Å². The molecular weight excluding hydrogens is 332 g/mol. The number of hydrogen-bond acceptors (Lipinski definition) is 4. The highest BCUT2D eigenvalue weighted by atomic mass is 16.5. The summed E-state index contributed by atoms with van der Waals surface area (Å²) in [7, 11) is 1.85. The van der Waals surface area contributed by atoms with Gasteiger partial charge in [-0.3, -0.25) is 14.3 Å². The van der Waals surface area contributed by atoms with Crippen LogP contribution in [0.5, 0.6) is 0 Å². The van der Waals surface area contributed by atoms with Crippen molar-refractivity contribution in [1.82, 2.24) is 19.6 Å². The van der Waals surface area contributed by atoms with Crippen molar-refractivity contribution in [2.24, 2.45) is 13.0 Å². The smallest absolute Gasteiger partial charge is 0.274 e. The van der Waals surface area contributed by atoms with Gasteiger partial charge in [-0.2, -0.15) is 5.10 Å². The summed E-state index contributed by atoms with van der Waals surface area (Å²) in [6, 6.07) is 2.22. The van der Waals surface area contributed by atoms with Gasteiger partial charge in [0.2, 0.25) is 5.91 Å². The fraction of sp³-hybridized carbons (Fsp3) is 0.737. The Hall–Kier alpha value is -1.89. The molecule has 0 spiro atoms. The summed E-state index contributed by atoms with van der Waals surface area (Å²) in [5.74, 6) is 0.480. The lowest BCUT2D eigenvalue weighted by molar-refractivity contribution is -0.139. The summed E-state index contributed by atoms with van der Waals surface area (Å²) in [5.41, 5.74) is 1.47. The minimum absolute atomic E-state index is 0.0259. The summed E-state index contributed by atoms with van der Waals surface area (Å²) in [4.78, 5) is 29.7. The Bertz CT molecular complexity index is 671. The summed E-state index contributed by atoms with van der Waals surface area (Å²) < 4.78 is 7.21. The van der Waals surface area contributed by atoms with Gasteiger partial charge in [-0.1, -0.05) is 0 Å². The van der Waals surface area contributed by atoms with Crippen LogP contribution in [-0.4, -0.2) is 69.8 Å². The van der Waals surface area contributed by atoms with Gasteiger partial charge >= 0.3 is 0 Å². The Balaban J connectivity index is 1.47. The predicted octanol–water partition coefficient (Wildman–Crippen LogP) is 1.36.